The highest BCUT2D eigenvalue weighted by atomic mass is 79.9. The first-order valence-corrected chi connectivity index (χ1v) is 15.7. The molecule has 0 radical (unpaired) electrons. The lowest BCUT2D eigenvalue weighted by Gasteiger charge is -2.28. The molecule has 0 bridgehead atoms. The second kappa shape index (κ2) is 14.1. The molecule has 0 unspecified atom stereocenters. The van der Waals surface area contributed by atoms with Gasteiger partial charge in [-0.2, -0.15) is 4.31 Å². The van der Waals surface area contributed by atoms with E-state index in [1.54, 1.807) is 23.1 Å². The van der Waals surface area contributed by atoms with Crippen LogP contribution in [0.15, 0.2) is 94.4 Å². The van der Waals surface area contributed by atoms with Crippen LogP contribution in [0.25, 0.3) is 10.8 Å². The molecule has 0 saturated heterocycles. The summed E-state index contributed by atoms with van der Waals surface area (Å²) in [5, 5.41) is 1.79. The maximum absolute atomic E-state index is 13.7. The van der Waals surface area contributed by atoms with Crippen LogP contribution in [0.3, 0.4) is 0 Å². The van der Waals surface area contributed by atoms with Crippen LogP contribution in [-0.2, 0) is 32.6 Å². The average molecular weight is 627 g/mol. The molecule has 1 amide bonds. The Balaban J connectivity index is 1.55. The van der Waals surface area contributed by atoms with E-state index in [1.165, 1.54) is 11.4 Å². The fraction of sp³-hybridized carbons (Fsp3) is 0.323. The van der Waals surface area contributed by atoms with E-state index in [0.29, 0.717) is 19.6 Å². The molecule has 0 saturated carbocycles. The van der Waals surface area contributed by atoms with E-state index in [1.807, 2.05) is 54.7 Å². The Kier molecular flexibility index (Phi) is 10.6. The van der Waals surface area contributed by atoms with Gasteiger partial charge >= 0.3 is 0 Å². The number of nitrogens with zero attached hydrogens (tertiary/aromatic N) is 3. The van der Waals surface area contributed by atoms with E-state index in [-0.39, 0.29) is 30.5 Å². The highest BCUT2D eigenvalue weighted by Crippen LogP contribution is 2.22. The van der Waals surface area contributed by atoms with Gasteiger partial charge in [-0.1, -0.05) is 71.7 Å². The number of unbranched alkanes of at least 4 members (excludes halogenated alkanes) is 1. The number of carbonyl (C=O) groups is 1. The maximum Gasteiger partial charge on any atom is 0.243 e. The topological polar surface area (TPSA) is 71.9 Å². The van der Waals surface area contributed by atoms with Crippen molar-refractivity contribution >= 4 is 42.6 Å². The molecule has 0 atom stereocenters. The van der Waals surface area contributed by atoms with E-state index in [2.05, 4.69) is 39.6 Å². The summed E-state index contributed by atoms with van der Waals surface area (Å²) < 4.78 is 37.1. The molecule has 4 rings (SSSR count). The standard InChI is InChI=1S/C31H36BrN3O4S/c1-3-4-17-34(23-29-10-7-18-33(29)22-25-11-14-28(32)15-12-25)31(36)24-35(19-20-39-2)40(37,38)30-16-13-26-8-5-6-9-27(26)21-30/h5-16,18,21H,3-4,17,19-20,22-24H2,1-2H3. The van der Waals surface area contributed by atoms with Crippen molar-refractivity contribution in [2.45, 2.75) is 37.8 Å². The van der Waals surface area contributed by atoms with Crippen LogP contribution in [-0.4, -0.2) is 61.4 Å². The smallest absolute Gasteiger partial charge is 0.243 e. The summed E-state index contributed by atoms with van der Waals surface area (Å²) in [4.78, 5) is 15.6. The second-order valence-electron chi connectivity index (χ2n) is 9.76. The Morgan fingerprint density at radius 3 is 2.42 bits per heavy atom. The van der Waals surface area contributed by atoms with E-state index in [9.17, 15) is 13.2 Å². The summed E-state index contributed by atoms with van der Waals surface area (Å²) >= 11 is 3.48. The molecule has 3 aromatic carbocycles. The third-order valence-corrected chi connectivity index (χ3v) is 9.26. The van der Waals surface area contributed by atoms with Crippen molar-refractivity contribution in [3.8, 4) is 0 Å². The zero-order chi connectivity index (χ0) is 28.5. The summed E-state index contributed by atoms with van der Waals surface area (Å²) in [7, 11) is -2.41. The zero-order valence-corrected chi connectivity index (χ0v) is 25.4. The van der Waals surface area contributed by atoms with Crippen LogP contribution in [0.1, 0.15) is 31.0 Å². The van der Waals surface area contributed by atoms with Crippen molar-refractivity contribution in [2.75, 3.05) is 33.4 Å². The Labute approximate surface area is 245 Å². The fourth-order valence-corrected chi connectivity index (χ4v) is 6.25. The predicted octanol–water partition coefficient (Wildman–Crippen LogP) is 5.92. The van der Waals surface area contributed by atoms with Crippen LogP contribution in [0, 0.1) is 0 Å². The van der Waals surface area contributed by atoms with E-state index in [0.717, 1.165) is 39.3 Å². The number of aromatic nitrogens is 1. The molecule has 0 spiro atoms. The largest absolute Gasteiger partial charge is 0.383 e. The zero-order valence-electron chi connectivity index (χ0n) is 23.0. The number of carbonyl (C=O) groups excluding carboxylic acids is 1. The lowest BCUT2D eigenvalue weighted by molar-refractivity contribution is -0.132. The van der Waals surface area contributed by atoms with Crippen LogP contribution in [0.5, 0.6) is 0 Å². The molecule has 212 valence electrons. The summed E-state index contributed by atoms with van der Waals surface area (Å²) in [6.45, 7) is 3.72. The number of amides is 1. The van der Waals surface area contributed by atoms with E-state index < -0.39 is 10.0 Å². The molecule has 40 heavy (non-hydrogen) atoms. The molecule has 1 heterocycles. The third-order valence-electron chi connectivity index (χ3n) is 6.89. The Hall–Kier alpha value is -2.98. The van der Waals surface area contributed by atoms with Gasteiger partial charge in [0, 0.05) is 43.1 Å². The van der Waals surface area contributed by atoms with Gasteiger partial charge in [0.2, 0.25) is 15.9 Å². The number of ether oxygens (including phenoxy) is 1. The number of hydrogen-bond acceptors (Lipinski definition) is 4. The predicted molar refractivity (Wildman–Crippen MR) is 163 cm³/mol. The summed E-state index contributed by atoms with van der Waals surface area (Å²) in [6.07, 6.45) is 3.76. The van der Waals surface area contributed by atoms with Crippen LogP contribution >= 0.6 is 15.9 Å². The first kappa shape index (κ1) is 30.0. The maximum atomic E-state index is 13.7. The monoisotopic (exact) mass is 625 g/mol. The van der Waals surface area contributed by atoms with Gasteiger partial charge in [0.05, 0.1) is 24.6 Å². The number of methoxy groups -OCH3 is 1. The summed E-state index contributed by atoms with van der Waals surface area (Å²) in [5.41, 5.74) is 2.15. The van der Waals surface area contributed by atoms with Crippen molar-refractivity contribution in [2.24, 2.45) is 0 Å². The van der Waals surface area contributed by atoms with Crippen LogP contribution in [0.2, 0.25) is 0 Å². The number of hydrogen-bond donors (Lipinski definition) is 0. The van der Waals surface area contributed by atoms with Gasteiger partial charge in [0.15, 0.2) is 0 Å². The third kappa shape index (κ3) is 7.60. The molecule has 0 fully saturated rings. The lowest BCUT2D eigenvalue weighted by atomic mass is 10.1. The van der Waals surface area contributed by atoms with Crippen LogP contribution in [0.4, 0.5) is 0 Å². The first-order chi connectivity index (χ1) is 19.3. The quantitative estimate of drug-likeness (QED) is 0.174. The van der Waals surface area contributed by atoms with E-state index in [4.69, 9.17) is 4.74 Å². The normalized spacial score (nSPS) is 11.8. The average Bonchev–Trinajstić information content (AvgIpc) is 3.40. The fourth-order valence-electron chi connectivity index (χ4n) is 4.58. The minimum Gasteiger partial charge on any atom is -0.383 e. The van der Waals surface area contributed by atoms with Crippen molar-refractivity contribution in [1.29, 1.82) is 0 Å². The molecule has 0 aliphatic carbocycles. The molecule has 9 heteroatoms. The Bertz CT molecular complexity index is 1520. The molecule has 7 nitrogen and oxygen atoms in total. The highest BCUT2D eigenvalue weighted by Gasteiger charge is 2.29. The van der Waals surface area contributed by atoms with Gasteiger partial charge in [-0.05, 0) is 59.2 Å². The summed E-state index contributed by atoms with van der Waals surface area (Å²) in [6, 6.07) is 24.8. The highest BCUT2D eigenvalue weighted by molar-refractivity contribution is 9.10. The van der Waals surface area contributed by atoms with Gasteiger partial charge < -0.3 is 14.2 Å². The van der Waals surface area contributed by atoms with Gasteiger partial charge in [0.1, 0.15) is 0 Å². The van der Waals surface area contributed by atoms with Crippen molar-refractivity contribution < 1.29 is 17.9 Å². The minimum absolute atomic E-state index is 0.0823. The van der Waals surface area contributed by atoms with Crippen LogP contribution < -0.4 is 0 Å². The molecule has 4 aromatic rings. The summed E-state index contributed by atoms with van der Waals surface area (Å²) in [5.74, 6) is -0.231. The molecular formula is C31H36BrN3O4S. The van der Waals surface area contributed by atoms with Crippen molar-refractivity contribution in [3.05, 3.63) is 101 Å². The van der Waals surface area contributed by atoms with Gasteiger partial charge in [0.25, 0.3) is 0 Å². The number of benzene rings is 3. The van der Waals surface area contributed by atoms with Gasteiger partial charge in [-0.15, -0.1) is 0 Å². The van der Waals surface area contributed by atoms with Gasteiger partial charge in [-0.3, -0.25) is 4.79 Å². The Morgan fingerprint density at radius 2 is 1.70 bits per heavy atom. The number of rotatable bonds is 14. The Morgan fingerprint density at radius 1 is 0.950 bits per heavy atom. The number of sulfonamides is 1. The molecule has 0 N–H and O–H groups in total. The molecule has 0 aliphatic rings. The molecular weight excluding hydrogens is 590 g/mol. The minimum atomic E-state index is -3.93. The molecule has 1 aromatic heterocycles. The molecule has 0 aliphatic heterocycles. The second-order valence-corrected chi connectivity index (χ2v) is 12.6. The van der Waals surface area contributed by atoms with Gasteiger partial charge in [-0.25, -0.2) is 8.42 Å². The lowest BCUT2D eigenvalue weighted by Crippen LogP contribution is -2.44. The van der Waals surface area contributed by atoms with Crippen molar-refractivity contribution in [3.63, 3.8) is 0 Å². The first-order valence-electron chi connectivity index (χ1n) is 13.5. The van der Waals surface area contributed by atoms with Crippen molar-refractivity contribution in [1.82, 2.24) is 13.8 Å². The number of fused-ring (bicyclic) bond motifs is 1. The SMILES string of the molecule is CCCCN(Cc1cccn1Cc1ccc(Br)cc1)C(=O)CN(CCOC)S(=O)(=O)c1ccc2ccccc2c1. The number of halogens is 1. The van der Waals surface area contributed by atoms with E-state index >= 15 is 0 Å².